The number of fused-ring (bicyclic) bond motifs is 1. The predicted molar refractivity (Wildman–Crippen MR) is 85.2 cm³/mol. The second-order valence-electron chi connectivity index (χ2n) is 5.31. The molecule has 1 saturated heterocycles. The van der Waals surface area contributed by atoms with Crippen LogP contribution in [0.25, 0.3) is 0 Å². The number of thioether (sulfide) groups is 1. The average molecular weight is 334 g/mol. The molecule has 2 heterocycles. The van der Waals surface area contributed by atoms with Crippen LogP contribution in [0.4, 0.5) is 4.39 Å². The fraction of sp³-hybridized carbons (Fsp3) is 0.312. The minimum Gasteiger partial charge on any atom is -0.466 e. The Morgan fingerprint density at radius 2 is 2.17 bits per heavy atom. The van der Waals surface area contributed by atoms with Gasteiger partial charge in [0.15, 0.2) is 5.17 Å². The highest BCUT2D eigenvalue weighted by atomic mass is 32.2. The summed E-state index contributed by atoms with van der Waals surface area (Å²) in [4.78, 5) is 30.6. The first-order valence-electron chi connectivity index (χ1n) is 7.07. The first kappa shape index (κ1) is 15.7. The van der Waals surface area contributed by atoms with E-state index >= 15 is 0 Å². The van der Waals surface area contributed by atoms with Gasteiger partial charge >= 0.3 is 5.97 Å². The highest BCUT2D eigenvalue weighted by Crippen LogP contribution is 2.43. The van der Waals surface area contributed by atoms with Crippen molar-refractivity contribution in [1.29, 1.82) is 0 Å². The molecule has 1 aromatic carbocycles. The quantitative estimate of drug-likeness (QED) is 0.780. The molecule has 2 aliphatic heterocycles. The Morgan fingerprint density at radius 3 is 2.83 bits per heavy atom. The minimum atomic E-state index is -0.726. The molecule has 1 amide bonds. The Balaban J connectivity index is 2.19. The Hall–Kier alpha value is -2.15. The van der Waals surface area contributed by atoms with Crippen LogP contribution in [0.3, 0.4) is 0 Å². The van der Waals surface area contributed by atoms with Gasteiger partial charge in [-0.25, -0.2) is 14.2 Å². The van der Waals surface area contributed by atoms with Crippen molar-refractivity contribution in [3.05, 3.63) is 46.9 Å². The molecule has 0 spiro atoms. The van der Waals surface area contributed by atoms with Crippen molar-refractivity contribution >= 4 is 28.8 Å². The summed E-state index contributed by atoms with van der Waals surface area (Å²) in [7, 11) is 1.27. The maximum atomic E-state index is 13.7. The smallest absolute Gasteiger partial charge is 0.338 e. The largest absolute Gasteiger partial charge is 0.466 e. The zero-order chi connectivity index (χ0) is 16.7. The number of benzene rings is 1. The molecule has 3 rings (SSSR count). The molecular weight excluding hydrogens is 319 g/mol. The van der Waals surface area contributed by atoms with Crippen molar-refractivity contribution in [2.75, 3.05) is 7.11 Å². The second-order valence-corrected chi connectivity index (χ2v) is 6.62. The van der Waals surface area contributed by atoms with Crippen LogP contribution in [0.2, 0.25) is 0 Å². The molecule has 5 nitrogen and oxygen atoms in total. The van der Waals surface area contributed by atoms with Crippen LogP contribution in [0.5, 0.6) is 0 Å². The van der Waals surface area contributed by atoms with Crippen LogP contribution in [0.15, 0.2) is 40.5 Å². The van der Waals surface area contributed by atoms with Gasteiger partial charge in [0.05, 0.1) is 29.7 Å². The van der Waals surface area contributed by atoms with Gasteiger partial charge in [-0.1, -0.05) is 23.9 Å². The number of carbonyl (C=O) groups is 2. The third kappa shape index (κ3) is 2.55. The van der Waals surface area contributed by atoms with Crippen LogP contribution < -0.4 is 0 Å². The Bertz CT molecular complexity index is 759. The first-order valence-corrected chi connectivity index (χ1v) is 7.95. The summed E-state index contributed by atoms with van der Waals surface area (Å²) in [5, 5.41) is 0.233. The van der Waals surface area contributed by atoms with E-state index in [0.717, 1.165) is 0 Å². The normalized spacial score (nSPS) is 23.7. The maximum absolute atomic E-state index is 13.7. The van der Waals surface area contributed by atoms with Gasteiger partial charge < -0.3 is 4.74 Å². The van der Waals surface area contributed by atoms with E-state index in [1.165, 1.54) is 35.9 Å². The first-order chi connectivity index (χ1) is 10.9. The highest BCUT2D eigenvalue weighted by molar-refractivity contribution is 8.15. The number of nitrogens with zero attached hydrogens (tertiary/aromatic N) is 2. The van der Waals surface area contributed by atoms with Gasteiger partial charge in [0.1, 0.15) is 5.82 Å². The Kier molecular flexibility index (Phi) is 3.97. The van der Waals surface area contributed by atoms with Crippen LogP contribution in [-0.2, 0) is 14.3 Å². The number of allylic oxidation sites excluding steroid dienone is 1. The molecule has 0 unspecified atom stereocenters. The molecule has 1 aromatic rings. The predicted octanol–water partition coefficient (Wildman–Crippen LogP) is 2.65. The summed E-state index contributed by atoms with van der Waals surface area (Å²) >= 11 is 1.33. The minimum absolute atomic E-state index is 0.156. The number of ether oxygens (including phenoxy) is 1. The zero-order valence-corrected chi connectivity index (χ0v) is 13.7. The summed E-state index contributed by atoms with van der Waals surface area (Å²) in [5.74, 6) is -1.16. The molecule has 7 heteroatoms. The number of carbonyl (C=O) groups excluding carboxylic acids is 2. The van der Waals surface area contributed by atoms with Gasteiger partial charge in [0, 0.05) is 0 Å². The number of methoxy groups -OCH3 is 1. The summed E-state index contributed by atoms with van der Waals surface area (Å²) < 4.78 is 18.5. The van der Waals surface area contributed by atoms with Crippen molar-refractivity contribution in [3.63, 3.8) is 0 Å². The summed E-state index contributed by atoms with van der Waals surface area (Å²) in [6, 6.07) is 5.16. The van der Waals surface area contributed by atoms with E-state index in [0.29, 0.717) is 16.4 Å². The van der Waals surface area contributed by atoms with Crippen molar-refractivity contribution in [2.24, 2.45) is 4.99 Å². The van der Waals surface area contributed by atoms with E-state index in [4.69, 9.17) is 4.74 Å². The number of hydrogen-bond donors (Lipinski definition) is 0. The van der Waals surface area contributed by atoms with Gasteiger partial charge in [-0.15, -0.1) is 0 Å². The summed E-state index contributed by atoms with van der Waals surface area (Å²) in [6.07, 6.45) is 0. The average Bonchev–Trinajstić information content (AvgIpc) is 2.79. The number of hydrogen-bond acceptors (Lipinski definition) is 5. The van der Waals surface area contributed by atoms with E-state index < -0.39 is 17.8 Å². The number of rotatable bonds is 2. The van der Waals surface area contributed by atoms with Crippen LogP contribution in [0, 0.1) is 5.82 Å². The van der Waals surface area contributed by atoms with Gasteiger partial charge in [-0.2, -0.15) is 0 Å². The van der Waals surface area contributed by atoms with Gasteiger partial charge in [-0.3, -0.25) is 9.69 Å². The van der Waals surface area contributed by atoms with Crippen LogP contribution >= 0.6 is 11.8 Å². The number of halogens is 1. The molecular formula is C16H15FN2O3S. The molecule has 0 bridgehead atoms. The standard InChI is InChI=1S/C16H15FN2O3S/c1-8-12(15(21)22-3)13(10-5-4-6-11(17)7-10)19-14(20)9(2)23-16(19)18-8/h4-7,9,13H,1-3H3/t9-,13-/m1/s1. The number of amides is 1. The number of aliphatic imine (C=N–C) groups is 1. The van der Waals surface area contributed by atoms with Crippen molar-refractivity contribution in [1.82, 2.24) is 4.90 Å². The molecule has 0 saturated carbocycles. The molecule has 0 aromatic heterocycles. The van der Waals surface area contributed by atoms with Crippen LogP contribution in [-0.4, -0.2) is 34.3 Å². The van der Waals surface area contributed by atoms with E-state index in [1.54, 1.807) is 26.0 Å². The van der Waals surface area contributed by atoms with E-state index in [1.807, 2.05) is 0 Å². The zero-order valence-electron chi connectivity index (χ0n) is 12.9. The molecule has 23 heavy (non-hydrogen) atoms. The second kappa shape index (κ2) is 5.81. The van der Waals surface area contributed by atoms with Gasteiger partial charge in [-0.05, 0) is 31.5 Å². The van der Waals surface area contributed by atoms with Crippen molar-refractivity contribution < 1.29 is 18.7 Å². The SMILES string of the molecule is COC(=O)C1=C(C)N=C2S[C@H](C)C(=O)N2[C@@H]1c1cccc(F)c1. The number of esters is 1. The Morgan fingerprint density at radius 1 is 1.43 bits per heavy atom. The molecule has 0 radical (unpaired) electrons. The van der Waals surface area contributed by atoms with Gasteiger partial charge in [0.25, 0.3) is 0 Å². The summed E-state index contributed by atoms with van der Waals surface area (Å²) in [5.41, 5.74) is 1.25. The number of amidine groups is 1. The molecule has 0 N–H and O–H groups in total. The van der Waals surface area contributed by atoms with E-state index in [2.05, 4.69) is 4.99 Å². The maximum Gasteiger partial charge on any atom is 0.338 e. The molecule has 0 aliphatic carbocycles. The lowest BCUT2D eigenvalue weighted by atomic mass is 9.94. The molecule has 2 atom stereocenters. The van der Waals surface area contributed by atoms with Crippen LogP contribution in [0.1, 0.15) is 25.5 Å². The molecule has 120 valence electrons. The molecule has 1 fully saturated rings. The lowest BCUT2D eigenvalue weighted by molar-refractivity contribution is -0.137. The highest BCUT2D eigenvalue weighted by Gasteiger charge is 2.46. The lowest BCUT2D eigenvalue weighted by Gasteiger charge is -2.32. The summed E-state index contributed by atoms with van der Waals surface area (Å²) in [6.45, 7) is 3.47. The van der Waals surface area contributed by atoms with Gasteiger partial charge in [0.2, 0.25) is 5.91 Å². The Labute approximate surface area is 137 Å². The van der Waals surface area contributed by atoms with Crippen molar-refractivity contribution in [3.8, 4) is 0 Å². The third-order valence-electron chi connectivity index (χ3n) is 3.83. The monoisotopic (exact) mass is 334 g/mol. The fourth-order valence-electron chi connectivity index (χ4n) is 2.77. The molecule has 2 aliphatic rings. The lowest BCUT2D eigenvalue weighted by Crippen LogP contribution is -2.40. The van der Waals surface area contributed by atoms with Crippen molar-refractivity contribution in [2.45, 2.75) is 25.1 Å². The third-order valence-corrected chi connectivity index (χ3v) is 4.88. The topological polar surface area (TPSA) is 59.0 Å². The van der Waals surface area contributed by atoms with E-state index in [9.17, 15) is 14.0 Å². The fourth-order valence-corrected chi connectivity index (χ4v) is 3.79. The van der Waals surface area contributed by atoms with E-state index in [-0.39, 0.29) is 16.7 Å².